The second kappa shape index (κ2) is 7.26. The summed E-state index contributed by atoms with van der Waals surface area (Å²) >= 11 is 7.33. The van der Waals surface area contributed by atoms with Crippen LogP contribution in [-0.4, -0.2) is 17.5 Å². The number of halogens is 1. The van der Waals surface area contributed by atoms with Crippen LogP contribution in [0.4, 0.5) is 0 Å². The third kappa shape index (κ3) is 4.21. The zero-order chi connectivity index (χ0) is 14.4. The molecule has 0 atom stereocenters. The molecule has 0 radical (unpaired) electrons. The van der Waals surface area contributed by atoms with Gasteiger partial charge in [-0.25, -0.2) is 4.98 Å². The minimum absolute atomic E-state index is 0.435. The van der Waals surface area contributed by atoms with Gasteiger partial charge in [-0.15, -0.1) is 22.9 Å². The average molecular weight is 311 g/mol. The topological polar surface area (TPSA) is 65.2 Å². The van der Waals surface area contributed by atoms with Crippen molar-refractivity contribution in [3.8, 4) is 5.75 Å². The summed E-state index contributed by atoms with van der Waals surface area (Å²) in [6, 6.07) is 6.81. The Kier molecular flexibility index (Phi) is 5.38. The number of carbonyl (C=O) groups is 1. The standard InChI is InChI=1S/C14H15ClN2O2S/c15-8-11-9-20-13(17-11)2-1-7-19-12-5-3-10(4-6-12)14(16)18/h3-6,9H,1-2,7-8H2,(H2,16,18). The Morgan fingerprint density at radius 3 is 2.70 bits per heavy atom. The van der Waals surface area contributed by atoms with Gasteiger partial charge in [-0.1, -0.05) is 0 Å². The van der Waals surface area contributed by atoms with Gasteiger partial charge in [0, 0.05) is 17.4 Å². The number of alkyl halides is 1. The van der Waals surface area contributed by atoms with Crippen molar-refractivity contribution < 1.29 is 9.53 Å². The number of nitrogens with two attached hydrogens (primary N) is 1. The van der Waals surface area contributed by atoms with E-state index in [1.807, 2.05) is 5.38 Å². The maximum atomic E-state index is 10.9. The molecule has 0 spiro atoms. The van der Waals surface area contributed by atoms with Crippen LogP contribution in [0.2, 0.25) is 0 Å². The van der Waals surface area contributed by atoms with Crippen LogP contribution >= 0.6 is 22.9 Å². The number of carbonyl (C=O) groups excluding carboxylic acids is 1. The summed E-state index contributed by atoms with van der Waals surface area (Å²) in [6.07, 6.45) is 1.76. The van der Waals surface area contributed by atoms with Gasteiger partial charge in [0.25, 0.3) is 0 Å². The number of primary amides is 1. The van der Waals surface area contributed by atoms with E-state index in [-0.39, 0.29) is 0 Å². The Morgan fingerprint density at radius 2 is 2.10 bits per heavy atom. The molecule has 0 saturated heterocycles. The van der Waals surface area contributed by atoms with Gasteiger partial charge in [0.1, 0.15) is 5.75 Å². The Balaban J connectivity index is 1.74. The van der Waals surface area contributed by atoms with Crippen LogP contribution in [0.5, 0.6) is 5.75 Å². The largest absolute Gasteiger partial charge is 0.494 e. The number of aryl methyl sites for hydroxylation is 1. The van der Waals surface area contributed by atoms with Crippen LogP contribution in [0.15, 0.2) is 29.6 Å². The smallest absolute Gasteiger partial charge is 0.248 e. The van der Waals surface area contributed by atoms with Crippen LogP contribution in [0.3, 0.4) is 0 Å². The normalized spacial score (nSPS) is 10.4. The van der Waals surface area contributed by atoms with E-state index in [4.69, 9.17) is 22.1 Å². The summed E-state index contributed by atoms with van der Waals surface area (Å²) in [5.74, 6) is 0.755. The van der Waals surface area contributed by atoms with Crippen molar-refractivity contribution in [1.29, 1.82) is 0 Å². The second-order valence-electron chi connectivity index (χ2n) is 4.21. The SMILES string of the molecule is NC(=O)c1ccc(OCCCc2nc(CCl)cs2)cc1. The molecule has 106 valence electrons. The molecule has 0 aliphatic rings. The molecule has 1 aromatic carbocycles. The van der Waals surface area contributed by atoms with E-state index in [9.17, 15) is 4.79 Å². The van der Waals surface area contributed by atoms with Crippen molar-refractivity contribution in [1.82, 2.24) is 4.98 Å². The van der Waals surface area contributed by atoms with E-state index in [1.165, 1.54) is 0 Å². The molecule has 1 aromatic heterocycles. The molecule has 2 N–H and O–H groups in total. The number of rotatable bonds is 7. The Hall–Kier alpha value is -1.59. The van der Waals surface area contributed by atoms with Crippen LogP contribution in [0, 0.1) is 0 Å². The highest BCUT2D eigenvalue weighted by atomic mass is 35.5. The lowest BCUT2D eigenvalue weighted by atomic mass is 10.2. The number of thiazole rings is 1. The fourth-order valence-electron chi connectivity index (χ4n) is 1.65. The molecule has 20 heavy (non-hydrogen) atoms. The van der Waals surface area contributed by atoms with Crippen molar-refractivity contribution in [2.24, 2.45) is 5.73 Å². The highest BCUT2D eigenvalue weighted by Gasteiger charge is 2.02. The number of ether oxygens (including phenoxy) is 1. The van der Waals surface area contributed by atoms with E-state index < -0.39 is 5.91 Å². The molecule has 1 amide bonds. The van der Waals surface area contributed by atoms with E-state index in [0.717, 1.165) is 29.3 Å². The molecule has 6 heteroatoms. The lowest BCUT2D eigenvalue weighted by Crippen LogP contribution is -2.10. The molecule has 0 unspecified atom stereocenters. The highest BCUT2D eigenvalue weighted by Crippen LogP contribution is 2.15. The summed E-state index contributed by atoms with van der Waals surface area (Å²) < 4.78 is 5.59. The molecule has 0 bridgehead atoms. The molecular formula is C14H15ClN2O2S. The first-order valence-electron chi connectivity index (χ1n) is 6.21. The van der Waals surface area contributed by atoms with Gasteiger partial charge in [0.05, 0.1) is 23.2 Å². The van der Waals surface area contributed by atoms with Crippen LogP contribution in [0.1, 0.15) is 27.5 Å². The molecule has 0 aliphatic carbocycles. The molecule has 0 fully saturated rings. The summed E-state index contributed by atoms with van der Waals surface area (Å²) in [5, 5.41) is 3.06. The van der Waals surface area contributed by atoms with E-state index in [0.29, 0.717) is 18.1 Å². The summed E-state index contributed by atoms with van der Waals surface area (Å²) in [7, 11) is 0. The fraction of sp³-hybridized carbons (Fsp3) is 0.286. The first-order valence-corrected chi connectivity index (χ1v) is 7.62. The molecule has 0 saturated carbocycles. The number of hydrogen-bond acceptors (Lipinski definition) is 4. The van der Waals surface area contributed by atoms with Gasteiger partial charge >= 0.3 is 0 Å². The van der Waals surface area contributed by atoms with Gasteiger partial charge in [-0.3, -0.25) is 4.79 Å². The second-order valence-corrected chi connectivity index (χ2v) is 5.42. The number of aromatic nitrogens is 1. The number of hydrogen-bond donors (Lipinski definition) is 1. The zero-order valence-corrected chi connectivity index (χ0v) is 12.4. The van der Waals surface area contributed by atoms with Crippen molar-refractivity contribution in [2.75, 3.05) is 6.61 Å². The van der Waals surface area contributed by atoms with Gasteiger partial charge in [-0.2, -0.15) is 0 Å². The van der Waals surface area contributed by atoms with Crippen molar-refractivity contribution >= 4 is 28.8 Å². The molecule has 4 nitrogen and oxygen atoms in total. The van der Waals surface area contributed by atoms with Crippen molar-refractivity contribution in [3.63, 3.8) is 0 Å². The molecular weight excluding hydrogens is 296 g/mol. The average Bonchev–Trinajstić information content (AvgIpc) is 2.92. The minimum Gasteiger partial charge on any atom is -0.494 e. The van der Waals surface area contributed by atoms with Crippen LogP contribution in [0.25, 0.3) is 0 Å². The minimum atomic E-state index is -0.435. The van der Waals surface area contributed by atoms with Gasteiger partial charge < -0.3 is 10.5 Å². The van der Waals surface area contributed by atoms with Crippen LogP contribution in [-0.2, 0) is 12.3 Å². The summed E-state index contributed by atoms with van der Waals surface area (Å²) in [5.41, 5.74) is 6.57. The fourth-order valence-corrected chi connectivity index (χ4v) is 2.72. The summed E-state index contributed by atoms with van der Waals surface area (Å²) in [6.45, 7) is 0.603. The first kappa shape index (κ1) is 14.8. The zero-order valence-electron chi connectivity index (χ0n) is 10.8. The van der Waals surface area contributed by atoms with E-state index in [2.05, 4.69) is 4.98 Å². The Morgan fingerprint density at radius 1 is 1.35 bits per heavy atom. The Labute approximate surface area is 126 Å². The van der Waals surface area contributed by atoms with Gasteiger partial charge in [-0.05, 0) is 30.7 Å². The highest BCUT2D eigenvalue weighted by molar-refractivity contribution is 7.09. The molecule has 2 rings (SSSR count). The van der Waals surface area contributed by atoms with E-state index in [1.54, 1.807) is 35.6 Å². The summed E-state index contributed by atoms with van der Waals surface area (Å²) in [4.78, 5) is 15.3. The quantitative estimate of drug-likeness (QED) is 0.631. The number of benzene rings is 1. The Bertz CT molecular complexity index is 569. The maximum Gasteiger partial charge on any atom is 0.248 e. The third-order valence-corrected chi connectivity index (χ3v) is 3.91. The lowest BCUT2D eigenvalue weighted by molar-refractivity contribution is 0.100. The maximum absolute atomic E-state index is 10.9. The van der Waals surface area contributed by atoms with Gasteiger partial charge in [0.15, 0.2) is 0 Å². The number of nitrogens with zero attached hydrogens (tertiary/aromatic N) is 1. The molecule has 2 aromatic rings. The molecule has 1 heterocycles. The van der Waals surface area contributed by atoms with Crippen molar-refractivity contribution in [3.05, 3.63) is 45.9 Å². The third-order valence-electron chi connectivity index (χ3n) is 2.68. The molecule has 0 aliphatic heterocycles. The lowest BCUT2D eigenvalue weighted by Gasteiger charge is -2.05. The first-order chi connectivity index (χ1) is 9.69. The number of amides is 1. The predicted octanol–water partition coefficient (Wildman–Crippen LogP) is 2.99. The van der Waals surface area contributed by atoms with E-state index >= 15 is 0 Å². The van der Waals surface area contributed by atoms with Crippen molar-refractivity contribution in [2.45, 2.75) is 18.7 Å². The monoisotopic (exact) mass is 310 g/mol. The van der Waals surface area contributed by atoms with Crippen LogP contribution < -0.4 is 10.5 Å². The van der Waals surface area contributed by atoms with Gasteiger partial charge in [0.2, 0.25) is 5.91 Å². The predicted molar refractivity (Wildman–Crippen MR) is 80.4 cm³/mol.